The summed E-state index contributed by atoms with van der Waals surface area (Å²) in [6, 6.07) is 3.61. The lowest BCUT2D eigenvalue weighted by molar-refractivity contribution is -0.384. The van der Waals surface area contributed by atoms with E-state index >= 15 is 0 Å². The van der Waals surface area contributed by atoms with Crippen molar-refractivity contribution in [2.24, 2.45) is 0 Å². The Morgan fingerprint density at radius 3 is 2.70 bits per heavy atom. The van der Waals surface area contributed by atoms with Crippen LogP contribution in [-0.4, -0.2) is 41.0 Å². The summed E-state index contributed by atoms with van der Waals surface area (Å²) in [5.41, 5.74) is 1.37. The molecule has 1 aromatic carbocycles. The van der Waals surface area contributed by atoms with Crippen molar-refractivity contribution in [1.82, 2.24) is 9.88 Å². The average Bonchev–Trinajstić information content (AvgIpc) is 2.93. The van der Waals surface area contributed by atoms with Crippen molar-refractivity contribution in [1.29, 1.82) is 0 Å². The first-order valence-corrected chi connectivity index (χ1v) is 8.23. The van der Waals surface area contributed by atoms with Gasteiger partial charge in [0.1, 0.15) is 11.5 Å². The van der Waals surface area contributed by atoms with Gasteiger partial charge in [-0.15, -0.1) is 11.3 Å². The van der Waals surface area contributed by atoms with Gasteiger partial charge in [-0.3, -0.25) is 15.0 Å². The monoisotopic (exact) mass is 336 g/mol. The summed E-state index contributed by atoms with van der Waals surface area (Å²) < 4.78 is 13.5. The van der Waals surface area contributed by atoms with E-state index in [4.69, 9.17) is 0 Å². The number of halogens is 1. The standard InChI is InChI=1S/C15H17FN4O2S/c1-11-17-13(10-23-11)9-18-4-6-19(7-5-18)15-8-12(16)2-3-14(15)20(21)22/h2-3,8,10H,4-7,9H2,1H3. The third kappa shape index (κ3) is 3.65. The van der Waals surface area contributed by atoms with Gasteiger partial charge in [0.2, 0.25) is 0 Å². The van der Waals surface area contributed by atoms with Gasteiger partial charge in [-0.25, -0.2) is 9.37 Å². The molecule has 0 bridgehead atoms. The fourth-order valence-electron chi connectivity index (χ4n) is 2.76. The number of piperazine rings is 1. The van der Waals surface area contributed by atoms with Crippen molar-refractivity contribution in [3.05, 3.63) is 50.2 Å². The quantitative estimate of drug-likeness (QED) is 0.635. The molecule has 3 rings (SSSR count). The van der Waals surface area contributed by atoms with E-state index in [1.807, 2.05) is 11.8 Å². The third-order valence-electron chi connectivity index (χ3n) is 3.90. The molecule has 0 unspecified atom stereocenters. The van der Waals surface area contributed by atoms with Crippen LogP contribution in [0.25, 0.3) is 0 Å². The number of thiazole rings is 1. The van der Waals surface area contributed by atoms with Crippen LogP contribution in [-0.2, 0) is 6.54 Å². The van der Waals surface area contributed by atoms with E-state index < -0.39 is 10.7 Å². The number of nitro groups is 1. The number of nitro benzene ring substituents is 1. The zero-order valence-corrected chi connectivity index (χ0v) is 13.6. The maximum Gasteiger partial charge on any atom is 0.292 e. The second kappa shape index (κ2) is 6.59. The summed E-state index contributed by atoms with van der Waals surface area (Å²) in [5, 5.41) is 14.2. The van der Waals surface area contributed by atoms with E-state index in [2.05, 4.69) is 15.3 Å². The van der Waals surface area contributed by atoms with Crippen LogP contribution in [0.5, 0.6) is 0 Å². The van der Waals surface area contributed by atoms with Crippen LogP contribution in [0.2, 0.25) is 0 Å². The molecule has 1 aromatic heterocycles. The highest BCUT2D eigenvalue weighted by atomic mass is 32.1. The molecule has 2 aromatic rings. The van der Waals surface area contributed by atoms with Gasteiger partial charge in [0.05, 0.1) is 15.6 Å². The predicted molar refractivity (Wildman–Crippen MR) is 87.4 cm³/mol. The van der Waals surface area contributed by atoms with E-state index in [1.54, 1.807) is 11.3 Å². The van der Waals surface area contributed by atoms with Crippen LogP contribution in [0.1, 0.15) is 10.7 Å². The largest absolute Gasteiger partial charge is 0.363 e. The molecule has 6 nitrogen and oxygen atoms in total. The molecule has 1 aliphatic heterocycles. The van der Waals surface area contributed by atoms with Crippen molar-refractivity contribution in [3.8, 4) is 0 Å². The molecule has 8 heteroatoms. The number of rotatable bonds is 4. The molecule has 122 valence electrons. The van der Waals surface area contributed by atoms with Crippen LogP contribution in [0, 0.1) is 22.9 Å². The summed E-state index contributed by atoms with van der Waals surface area (Å²) >= 11 is 1.63. The Labute approximate surface area is 137 Å². The summed E-state index contributed by atoms with van der Waals surface area (Å²) in [5.74, 6) is -0.453. The van der Waals surface area contributed by atoms with E-state index in [1.165, 1.54) is 12.1 Å². The smallest absolute Gasteiger partial charge is 0.292 e. The molecule has 0 amide bonds. The highest BCUT2D eigenvalue weighted by molar-refractivity contribution is 7.09. The van der Waals surface area contributed by atoms with Crippen LogP contribution < -0.4 is 4.90 Å². The normalized spacial score (nSPS) is 15.8. The SMILES string of the molecule is Cc1nc(CN2CCN(c3cc(F)ccc3[N+](=O)[O-])CC2)cs1. The van der Waals surface area contributed by atoms with Gasteiger partial charge in [-0.1, -0.05) is 0 Å². The third-order valence-corrected chi connectivity index (χ3v) is 4.72. The van der Waals surface area contributed by atoms with Crippen molar-refractivity contribution >= 4 is 22.7 Å². The van der Waals surface area contributed by atoms with Gasteiger partial charge in [0.25, 0.3) is 5.69 Å². The summed E-state index contributed by atoms with van der Waals surface area (Å²) in [6.07, 6.45) is 0. The number of nitrogens with zero attached hydrogens (tertiary/aromatic N) is 4. The fourth-order valence-corrected chi connectivity index (χ4v) is 3.36. The second-order valence-electron chi connectivity index (χ2n) is 5.51. The zero-order valence-electron chi connectivity index (χ0n) is 12.7. The summed E-state index contributed by atoms with van der Waals surface area (Å²) in [7, 11) is 0. The van der Waals surface area contributed by atoms with Crippen molar-refractivity contribution < 1.29 is 9.31 Å². The van der Waals surface area contributed by atoms with Crippen LogP contribution in [0.4, 0.5) is 15.8 Å². The zero-order chi connectivity index (χ0) is 16.4. The van der Waals surface area contributed by atoms with E-state index in [-0.39, 0.29) is 5.69 Å². The molecular weight excluding hydrogens is 319 g/mol. The number of anilines is 1. The topological polar surface area (TPSA) is 62.5 Å². The molecule has 1 fully saturated rings. The maximum atomic E-state index is 13.5. The van der Waals surface area contributed by atoms with Crippen molar-refractivity contribution in [2.45, 2.75) is 13.5 Å². The lowest BCUT2D eigenvalue weighted by atomic mass is 10.2. The molecule has 2 heterocycles. The highest BCUT2D eigenvalue weighted by Gasteiger charge is 2.24. The molecule has 0 spiro atoms. The Kier molecular flexibility index (Phi) is 4.53. The number of aryl methyl sites for hydroxylation is 1. The minimum Gasteiger partial charge on any atom is -0.363 e. The Balaban J connectivity index is 1.67. The van der Waals surface area contributed by atoms with Gasteiger partial charge in [0.15, 0.2) is 0 Å². The lowest BCUT2D eigenvalue weighted by Gasteiger charge is -2.35. The molecule has 0 aliphatic carbocycles. The first kappa shape index (κ1) is 15.8. The minimum atomic E-state index is -0.459. The van der Waals surface area contributed by atoms with Gasteiger partial charge < -0.3 is 4.90 Å². The Hall–Kier alpha value is -2.06. The van der Waals surface area contributed by atoms with Crippen molar-refractivity contribution in [3.63, 3.8) is 0 Å². The van der Waals surface area contributed by atoms with Crippen LogP contribution >= 0.6 is 11.3 Å². The summed E-state index contributed by atoms with van der Waals surface area (Å²) in [4.78, 5) is 19.3. The van der Waals surface area contributed by atoms with E-state index in [9.17, 15) is 14.5 Å². The van der Waals surface area contributed by atoms with Gasteiger partial charge in [0, 0.05) is 50.2 Å². The Bertz CT molecular complexity index is 713. The molecule has 0 radical (unpaired) electrons. The molecule has 0 saturated carbocycles. The Morgan fingerprint density at radius 2 is 2.09 bits per heavy atom. The van der Waals surface area contributed by atoms with Gasteiger partial charge >= 0.3 is 0 Å². The highest BCUT2D eigenvalue weighted by Crippen LogP contribution is 2.29. The van der Waals surface area contributed by atoms with Crippen LogP contribution in [0.15, 0.2) is 23.6 Å². The number of hydrogen-bond acceptors (Lipinski definition) is 6. The molecule has 0 atom stereocenters. The molecule has 0 N–H and O–H groups in total. The van der Waals surface area contributed by atoms with Gasteiger partial charge in [-0.05, 0) is 13.0 Å². The van der Waals surface area contributed by atoms with Gasteiger partial charge in [-0.2, -0.15) is 0 Å². The molecule has 1 saturated heterocycles. The maximum absolute atomic E-state index is 13.5. The van der Waals surface area contributed by atoms with E-state index in [0.29, 0.717) is 18.8 Å². The fraction of sp³-hybridized carbons (Fsp3) is 0.400. The molecular formula is C15H17FN4O2S. The molecule has 1 aliphatic rings. The van der Waals surface area contributed by atoms with Crippen LogP contribution in [0.3, 0.4) is 0 Å². The lowest BCUT2D eigenvalue weighted by Crippen LogP contribution is -2.46. The molecule has 23 heavy (non-hydrogen) atoms. The number of hydrogen-bond donors (Lipinski definition) is 0. The number of benzene rings is 1. The predicted octanol–water partition coefficient (Wildman–Crippen LogP) is 2.82. The number of aromatic nitrogens is 1. The first-order valence-electron chi connectivity index (χ1n) is 7.35. The van der Waals surface area contributed by atoms with E-state index in [0.717, 1.165) is 36.4 Å². The summed E-state index contributed by atoms with van der Waals surface area (Å²) in [6.45, 7) is 5.56. The minimum absolute atomic E-state index is 0.0463. The first-order chi connectivity index (χ1) is 11.0. The average molecular weight is 336 g/mol. The second-order valence-corrected chi connectivity index (χ2v) is 6.57. The van der Waals surface area contributed by atoms with Crippen molar-refractivity contribution in [2.75, 3.05) is 31.1 Å². The Morgan fingerprint density at radius 1 is 1.35 bits per heavy atom.